The fourth-order valence-corrected chi connectivity index (χ4v) is 1.45. The number of aromatic nitrogens is 1. The first kappa shape index (κ1) is 11.0. The van der Waals surface area contributed by atoms with Crippen LogP contribution in [-0.4, -0.2) is 4.98 Å². The van der Waals surface area contributed by atoms with Crippen LogP contribution >= 0.6 is 15.9 Å². The fourth-order valence-electron chi connectivity index (χ4n) is 1.12. The predicted molar refractivity (Wildman–Crippen MR) is 58.2 cm³/mol. The van der Waals surface area contributed by atoms with Crippen LogP contribution in [0.2, 0.25) is 0 Å². The Kier molecular flexibility index (Phi) is 3.44. The van der Waals surface area contributed by atoms with Gasteiger partial charge in [-0.15, -0.1) is 0 Å². The summed E-state index contributed by atoms with van der Waals surface area (Å²) in [5, 5.41) is 8.51. The summed E-state index contributed by atoms with van der Waals surface area (Å²) in [4.78, 5) is 4.12. The lowest BCUT2D eigenvalue weighted by Crippen LogP contribution is -2.13. The van der Waals surface area contributed by atoms with Gasteiger partial charge in [-0.1, -0.05) is 0 Å². The van der Waals surface area contributed by atoms with Crippen molar-refractivity contribution in [2.45, 2.75) is 19.4 Å². The minimum Gasteiger partial charge on any atom is -0.383 e. The highest BCUT2D eigenvalue weighted by Gasteiger charge is 2.12. The second-order valence-electron chi connectivity index (χ2n) is 3.00. The van der Waals surface area contributed by atoms with E-state index in [2.05, 4.69) is 20.9 Å². The lowest BCUT2D eigenvalue weighted by molar-refractivity contribution is 0.745. The Morgan fingerprint density at radius 3 is 2.93 bits per heavy atom. The number of nitrogens with two attached hydrogens (primary N) is 2. The van der Waals surface area contributed by atoms with Crippen molar-refractivity contribution in [1.82, 2.24) is 4.98 Å². The molecule has 0 radical (unpaired) electrons. The van der Waals surface area contributed by atoms with E-state index in [9.17, 15) is 0 Å². The minimum absolute atomic E-state index is 0.237. The second kappa shape index (κ2) is 4.40. The third-order valence-electron chi connectivity index (χ3n) is 1.92. The molecular weight excluding hydrogens is 244 g/mol. The van der Waals surface area contributed by atoms with Crippen molar-refractivity contribution in [2.75, 3.05) is 5.73 Å². The average molecular weight is 255 g/mol. The Hall–Kier alpha value is -1.12. The molecule has 1 rings (SSSR count). The molecule has 14 heavy (non-hydrogen) atoms. The molecule has 1 atom stereocenters. The molecule has 0 aliphatic heterocycles. The first-order valence-electron chi connectivity index (χ1n) is 4.11. The van der Waals surface area contributed by atoms with Gasteiger partial charge in [0.1, 0.15) is 5.82 Å². The van der Waals surface area contributed by atoms with Gasteiger partial charge in [0.05, 0.1) is 18.2 Å². The Balaban J connectivity index is 3.10. The number of nitriles is 1. The van der Waals surface area contributed by atoms with Crippen LogP contribution in [-0.2, 0) is 0 Å². The number of halogens is 1. The summed E-state index contributed by atoms with van der Waals surface area (Å²) in [6, 6.07) is 3.45. The summed E-state index contributed by atoms with van der Waals surface area (Å²) in [5.74, 6) is 0.397. The van der Waals surface area contributed by atoms with Crippen molar-refractivity contribution in [3.05, 3.63) is 21.8 Å². The molecule has 0 aliphatic carbocycles. The van der Waals surface area contributed by atoms with E-state index in [1.165, 1.54) is 0 Å². The maximum atomic E-state index is 8.51. The number of hydrogen-bond donors (Lipinski definition) is 2. The summed E-state index contributed by atoms with van der Waals surface area (Å²) in [6.45, 7) is 1.85. The van der Waals surface area contributed by atoms with Crippen molar-refractivity contribution < 1.29 is 0 Å². The summed E-state index contributed by atoms with van der Waals surface area (Å²) in [6.07, 6.45) is 0.237. The molecule has 0 bridgehead atoms. The van der Waals surface area contributed by atoms with Gasteiger partial charge in [-0.3, -0.25) is 0 Å². The molecule has 74 valence electrons. The molecule has 4 N–H and O–H groups in total. The van der Waals surface area contributed by atoms with Crippen molar-refractivity contribution in [1.29, 1.82) is 5.26 Å². The quantitative estimate of drug-likeness (QED) is 0.840. The maximum absolute atomic E-state index is 8.51. The van der Waals surface area contributed by atoms with Gasteiger partial charge < -0.3 is 11.5 Å². The van der Waals surface area contributed by atoms with E-state index >= 15 is 0 Å². The number of nitrogens with zero attached hydrogens (tertiary/aromatic N) is 2. The van der Waals surface area contributed by atoms with Crippen LogP contribution in [0.25, 0.3) is 0 Å². The Bertz CT molecular complexity index is 383. The smallest absolute Gasteiger partial charge is 0.128 e. The van der Waals surface area contributed by atoms with Crippen molar-refractivity contribution in [3.63, 3.8) is 0 Å². The van der Waals surface area contributed by atoms with Crippen LogP contribution in [0.3, 0.4) is 0 Å². The first-order valence-corrected chi connectivity index (χ1v) is 4.90. The summed E-state index contributed by atoms with van der Waals surface area (Å²) in [5.41, 5.74) is 13.0. The molecule has 0 unspecified atom stereocenters. The van der Waals surface area contributed by atoms with E-state index in [0.717, 1.165) is 10.2 Å². The number of pyridine rings is 1. The van der Waals surface area contributed by atoms with Crippen LogP contribution in [0.5, 0.6) is 0 Å². The van der Waals surface area contributed by atoms with Gasteiger partial charge in [0, 0.05) is 16.1 Å². The van der Waals surface area contributed by atoms with Crippen molar-refractivity contribution in [2.24, 2.45) is 5.73 Å². The number of anilines is 1. The molecule has 1 heterocycles. The summed E-state index contributed by atoms with van der Waals surface area (Å²) >= 11 is 3.34. The van der Waals surface area contributed by atoms with Gasteiger partial charge >= 0.3 is 0 Å². The average Bonchev–Trinajstić information content (AvgIpc) is 2.11. The molecular formula is C9H11BrN4. The van der Waals surface area contributed by atoms with Gasteiger partial charge in [0.15, 0.2) is 0 Å². The second-order valence-corrected chi connectivity index (χ2v) is 3.85. The Morgan fingerprint density at radius 1 is 1.71 bits per heavy atom. The van der Waals surface area contributed by atoms with Gasteiger partial charge in [-0.25, -0.2) is 4.98 Å². The molecule has 0 fully saturated rings. The zero-order valence-corrected chi connectivity index (χ0v) is 9.37. The largest absolute Gasteiger partial charge is 0.383 e. The zero-order valence-electron chi connectivity index (χ0n) is 7.79. The minimum atomic E-state index is -0.371. The number of rotatable bonds is 2. The fraction of sp³-hybridized carbons (Fsp3) is 0.333. The molecule has 4 nitrogen and oxygen atoms in total. The molecule has 0 saturated heterocycles. The normalized spacial score (nSPS) is 12.1. The number of nitrogen functional groups attached to an aromatic ring is 1. The van der Waals surface area contributed by atoms with E-state index < -0.39 is 0 Å². The first-order chi connectivity index (χ1) is 6.56. The number of hydrogen-bond acceptors (Lipinski definition) is 4. The SMILES string of the molecule is Cc1nc(N)c([C@H](N)CC#N)cc1Br. The molecule has 1 aromatic heterocycles. The molecule has 0 aliphatic rings. The lowest BCUT2D eigenvalue weighted by atomic mass is 10.1. The molecule has 5 heteroatoms. The van der Waals surface area contributed by atoms with Crippen LogP contribution in [0.4, 0.5) is 5.82 Å². The predicted octanol–water partition coefficient (Wildman–Crippen LogP) is 1.65. The van der Waals surface area contributed by atoms with E-state index in [1.54, 1.807) is 0 Å². The van der Waals surface area contributed by atoms with E-state index in [4.69, 9.17) is 16.7 Å². The van der Waals surface area contributed by atoms with Gasteiger partial charge in [-0.2, -0.15) is 5.26 Å². The summed E-state index contributed by atoms with van der Waals surface area (Å²) < 4.78 is 0.857. The highest BCUT2D eigenvalue weighted by Crippen LogP contribution is 2.25. The van der Waals surface area contributed by atoms with Crippen LogP contribution in [0, 0.1) is 18.3 Å². The standard InChI is InChI=1S/C9H11BrN4/c1-5-7(10)4-6(9(13)14-5)8(12)2-3-11/h4,8H,2,12H2,1H3,(H2,13,14)/t8-/m1/s1. The summed E-state index contributed by atoms with van der Waals surface area (Å²) in [7, 11) is 0. The highest BCUT2D eigenvalue weighted by atomic mass is 79.9. The van der Waals surface area contributed by atoms with Crippen molar-refractivity contribution in [3.8, 4) is 6.07 Å². The van der Waals surface area contributed by atoms with E-state index in [-0.39, 0.29) is 12.5 Å². The molecule has 0 aromatic carbocycles. The molecule has 0 amide bonds. The van der Waals surface area contributed by atoms with Gasteiger partial charge in [0.25, 0.3) is 0 Å². The lowest BCUT2D eigenvalue weighted by Gasteiger charge is -2.11. The van der Waals surface area contributed by atoms with Crippen LogP contribution in [0.1, 0.15) is 23.7 Å². The topological polar surface area (TPSA) is 88.7 Å². The van der Waals surface area contributed by atoms with Gasteiger partial charge in [-0.05, 0) is 28.9 Å². The molecule has 1 aromatic rings. The van der Waals surface area contributed by atoms with E-state index in [0.29, 0.717) is 11.4 Å². The van der Waals surface area contributed by atoms with Crippen molar-refractivity contribution >= 4 is 21.7 Å². The number of aryl methyl sites for hydroxylation is 1. The maximum Gasteiger partial charge on any atom is 0.128 e. The van der Waals surface area contributed by atoms with E-state index in [1.807, 2.05) is 19.1 Å². The Morgan fingerprint density at radius 2 is 2.36 bits per heavy atom. The third kappa shape index (κ3) is 2.22. The Labute approximate surface area is 91.1 Å². The highest BCUT2D eigenvalue weighted by molar-refractivity contribution is 9.10. The monoisotopic (exact) mass is 254 g/mol. The zero-order chi connectivity index (χ0) is 10.7. The molecule has 0 spiro atoms. The van der Waals surface area contributed by atoms with Crippen LogP contribution in [0.15, 0.2) is 10.5 Å². The third-order valence-corrected chi connectivity index (χ3v) is 2.73. The van der Waals surface area contributed by atoms with Crippen LogP contribution < -0.4 is 11.5 Å². The molecule has 0 saturated carbocycles. The van der Waals surface area contributed by atoms with Gasteiger partial charge in [0.2, 0.25) is 0 Å².